The molecular weight excluding hydrogens is 455 g/mol. The van der Waals surface area contributed by atoms with Gasteiger partial charge in [0.15, 0.2) is 11.8 Å². The van der Waals surface area contributed by atoms with Crippen LogP contribution < -0.4 is 21.7 Å². The number of anilines is 1. The Morgan fingerprint density at radius 1 is 1.19 bits per heavy atom. The number of nitrogens with zero attached hydrogens (tertiary/aromatic N) is 5. The maximum absolute atomic E-state index is 12.4. The predicted octanol–water partition coefficient (Wildman–Crippen LogP) is 0.822. The Hall–Kier alpha value is -2.98. The van der Waals surface area contributed by atoms with Crippen molar-refractivity contribution >= 4 is 46.8 Å². The van der Waals surface area contributed by atoms with Crippen LogP contribution in [0.15, 0.2) is 29.3 Å². The average Bonchev–Trinajstić information content (AvgIpc) is 3.15. The molecule has 10 nitrogen and oxygen atoms in total. The highest BCUT2D eigenvalue weighted by Crippen LogP contribution is 2.34. The van der Waals surface area contributed by atoms with E-state index < -0.39 is 0 Å². The lowest BCUT2D eigenvalue weighted by Gasteiger charge is -2.34. The summed E-state index contributed by atoms with van der Waals surface area (Å²) in [6.07, 6.45) is 0.217. The molecule has 0 spiro atoms. The number of nitrogens with two attached hydrogens (primary N) is 2. The van der Waals surface area contributed by atoms with Gasteiger partial charge in [0.05, 0.1) is 15.7 Å². The number of hydrogen-bond acceptors (Lipinski definition) is 5. The molecule has 2 heterocycles. The van der Waals surface area contributed by atoms with Crippen LogP contribution in [0.1, 0.15) is 6.42 Å². The largest absolute Gasteiger partial charge is 0.370 e. The predicted molar refractivity (Wildman–Crippen MR) is 126 cm³/mol. The van der Waals surface area contributed by atoms with Crippen LogP contribution in [0.2, 0.25) is 10.0 Å². The first-order valence-electron chi connectivity index (χ1n) is 10.1. The zero-order valence-corrected chi connectivity index (χ0v) is 19.2. The van der Waals surface area contributed by atoms with Gasteiger partial charge < -0.3 is 26.6 Å². The van der Waals surface area contributed by atoms with Gasteiger partial charge in [0.2, 0.25) is 11.8 Å². The Morgan fingerprint density at radius 2 is 1.91 bits per heavy atom. The van der Waals surface area contributed by atoms with Gasteiger partial charge in [-0.25, -0.2) is 4.99 Å². The topological polar surface area (TPSA) is 135 Å². The third-order valence-corrected chi connectivity index (χ3v) is 5.94. The molecule has 0 unspecified atom stereocenters. The molecule has 1 saturated heterocycles. The molecule has 0 radical (unpaired) electrons. The van der Waals surface area contributed by atoms with E-state index in [0.29, 0.717) is 36.2 Å². The SMILES string of the molecule is Cn1nc(N2CCN(C(=O)CCNC(=O)CN=C(N)N)CC2)cc1-c1cccc(Cl)c1Cl. The van der Waals surface area contributed by atoms with Crippen molar-refractivity contribution in [2.45, 2.75) is 6.42 Å². The van der Waals surface area contributed by atoms with Crippen molar-refractivity contribution in [1.29, 1.82) is 0 Å². The number of rotatable bonds is 7. The molecular formula is C20H26Cl2N8O2. The van der Waals surface area contributed by atoms with Crippen molar-refractivity contribution in [1.82, 2.24) is 20.0 Å². The van der Waals surface area contributed by atoms with Gasteiger partial charge in [-0.1, -0.05) is 35.3 Å². The zero-order valence-electron chi connectivity index (χ0n) is 17.7. The van der Waals surface area contributed by atoms with E-state index >= 15 is 0 Å². The smallest absolute Gasteiger partial charge is 0.241 e. The molecule has 0 aliphatic carbocycles. The third kappa shape index (κ3) is 5.83. The average molecular weight is 481 g/mol. The summed E-state index contributed by atoms with van der Waals surface area (Å²) in [5, 5.41) is 8.22. The molecule has 1 aromatic carbocycles. The first-order valence-corrected chi connectivity index (χ1v) is 10.8. The minimum absolute atomic E-state index is 0.0146. The molecule has 0 saturated carbocycles. The van der Waals surface area contributed by atoms with E-state index in [9.17, 15) is 9.59 Å². The van der Waals surface area contributed by atoms with Crippen LogP contribution in [0.3, 0.4) is 0 Å². The number of carbonyl (C=O) groups excluding carboxylic acids is 2. The monoisotopic (exact) mass is 480 g/mol. The molecule has 172 valence electrons. The Kier molecular flexibility index (Phi) is 7.81. The van der Waals surface area contributed by atoms with Crippen molar-refractivity contribution in [3.05, 3.63) is 34.3 Å². The van der Waals surface area contributed by atoms with Gasteiger partial charge in [0, 0.05) is 57.8 Å². The van der Waals surface area contributed by atoms with Gasteiger partial charge in [-0.2, -0.15) is 5.10 Å². The number of aromatic nitrogens is 2. The van der Waals surface area contributed by atoms with E-state index in [4.69, 9.17) is 34.7 Å². The summed E-state index contributed by atoms with van der Waals surface area (Å²) in [7, 11) is 1.86. The highest BCUT2D eigenvalue weighted by Gasteiger charge is 2.23. The summed E-state index contributed by atoms with van der Waals surface area (Å²) >= 11 is 12.5. The number of carbonyl (C=O) groups is 2. The fourth-order valence-electron chi connectivity index (χ4n) is 3.43. The second-order valence-electron chi connectivity index (χ2n) is 7.32. The Labute approximate surface area is 196 Å². The number of aliphatic imine (C=N–C) groups is 1. The first kappa shape index (κ1) is 23.7. The second-order valence-corrected chi connectivity index (χ2v) is 8.11. The van der Waals surface area contributed by atoms with E-state index in [1.165, 1.54) is 0 Å². The van der Waals surface area contributed by atoms with Gasteiger partial charge >= 0.3 is 0 Å². The van der Waals surface area contributed by atoms with Crippen molar-refractivity contribution in [3.63, 3.8) is 0 Å². The molecule has 12 heteroatoms. The summed E-state index contributed by atoms with van der Waals surface area (Å²) in [5.41, 5.74) is 12.1. The molecule has 2 amide bonds. The van der Waals surface area contributed by atoms with Gasteiger partial charge in [-0.05, 0) is 6.07 Å². The van der Waals surface area contributed by atoms with E-state index in [-0.39, 0.29) is 37.3 Å². The van der Waals surface area contributed by atoms with Crippen LogP contribution >= 0.6 is 23.2 Å². The lowest BCUT2D eigenvalue weighted by Crippen LogP contribution is -2.49. The second kappa shape index (κ2) is 10.6. The molecule has 32 heavy (non-hydrogen) atoms. The summed E-state index contributed by atoms with van der Waals surface area (Å²) in [6.45, 7) is 2.55. The third-order valence-electron chi connectivity index (χ3n) is 5.12. The molecule has 2 aromatic rings. The molecule has 1 aromatic heterocycles. The normalized spacial score (nSPS) is 13.7. The summed E-state index contributed by atoms with van der Waals surface area (Å²) in [5.74, 6) is 0.323. The van der Waals surface area contributed by atoms with Crippen LogP contribution in [-0.2, 0) is 16.6 Å². The number of hydrogen-bond donors (Lipinski definition) is 3. The van der Waals surface area contributed by atoms with Gasteiger partial charge in [0.25, 0.3) is 0 Å². The Balaban J connectivity index is 1.52. The van der Waals surface area contributed by atoms with Gasteiger partial charge in [0.1, 0.15) is 6.54 Å². The van der Waals surface area contributed by atoms with Crippen LogP contribution in [0.25, 0.3) is 11.3 Å². The minimum atomic E-state index is -0.332. The van der Waals surface area contributed by atoms with Gasteiger partial charge in [-0.15, -0.1) is 0 Å². The molecule has 3 rings (SSSR count). The van der Waals surface area contributed by atoms with Crippen LogP contribution in [0, 0.1) is 0 Å². The number of guanidine groups is 1. The maximum atomic E-state index is 12.4. The quantitative estimate of drug-likeness (QED) is 0.396. The summed E-state index contributed by atoms with van der Waals surface area (Å²) < 4.78 is 1.77. The molecule has 1 aliphatic heterocycles. The van der Waals surface area contributed by atoms with E-state index in [2.05, 4.69) is 20.3 Å². The maximum Gasteiger partial charge on any atom is 0.241 e. The lowest BCUT2D eigenvalue weighted by molar-refractivity contribution is -0.131. The molecule has 1 fully saturated rings. The first-order chi connectivity index (χ1) is 15.3. The van der Waals surface area contributed by atoms with Crippen molar-refractivity contribution in [3.8, 4) is 11.3 Å². The van der Waals surface area contributed by atoms with Crippen LogP contribution in [0.5, 0.6) is 0 Å². The van der Waals surface area contributed by atoms with Crippen molar-refractivity contribution in [2.75, 3.05) is 44.2 Å². The van der Waals surface area contributed by atoms with Crippen molar-refractivity contribution in [2.24, 2.45) is 23.5 Å². The molecule has 5 N–H and O–H groups in total. The fourth-order valence-corrected chi connectivity index (χ4v) is 3.83. The molecule has 0 atom stereocenters. The number of piperazine rings is 1. The van der Waals surface area contributed by atoms with E-state index in [1.807, 2.05) is 25.2 Å². The highest BCUT2D eigenvalue weighted by atomic mass is 35.5. The number of aryl methyl sites for hydroxylation is 1. The Bertz CT molecular complexity index is 1010. The van der Waals surface area contributed by atoms with E-state index in [0.717, 1.165) is 17.1 Å². The van der Waals surface area contributed by atoms with Crippen LogP contribution in [0.4, 0.5) is 5.82 Å². The van der Waals surface area contributed by atoms with Gasteiger partial charge in [-0.3, -0.25) is 14.3 Å². The molecule has 1 aliphatic rings. The zero-order chi connectivity index (χ0) is 23.3. The van der Waals surface area contributed by atoms with Crippen LogP contribution in [-0.4, -0.2) is 71.7 Å². The highest BCUT2D eigenvalue weighted by molar-refractivity contribution is 6.43. The number of benzene rings is 1. The fraction of sp³-hybridized carbons (Fsp3) is 0.400. The minimum Gasteiger partial charge on any atom is -0.370 e. The van der Waals surface area contributed by atoms with Crippen molar-refractivity contribution < 1.29 is 9.59 Å². The number of amides is 2. The Morgan fingerprint density at radius 3 is 2.59 bits per heavy atom. The lowest BCUT2D eigenvalue weighted by atomic mass is 10.1. The standard InChI is InChI=1S/C20H26Cl2N8O2/c1-28-15(13-3-2-4-14(21)19(13)22)11-16(27-28)29-7-9-30(10-8-29)18(32)5-6-25-17(31)12-26-20(23)24/h2-4,11H,5-10,12H2,1H3,(H,25,31)(H4,23,24,26). The number of nitrogens with one attached hydrogen (secondary N) is 1. The summed E-state index contributed by atoms with van der Waals surface area (Å²) in [4.78, 5) is 31.6. The number of halogens is 2. The van der Waals surface area contributed by atoms with E-state index in [1.54, 1.807) is 15.6 Å². The summed E-state index contributed by atoms with van der Waals surface area (Å²) in [6, 6.07) is 7.48. The molecule has 0 bridgehead atoms.